The summed E-state index contributed by atoms with van der Waals surface area (Å²) < 4.78 is 94.2. The number of carbonyl (C=O) groups excluding carboxylic acids is 1. The van der Waals surface area contributed by atoms with Crippen molar-refractivity contribution in [3.05, 3.63) is 47.8 Å². The number of anilines is 1. The Balaban J connectivity index is 0.00000167. The van der Waals surface area contributed by atoms with Crippen molar-refractivity contribution in [3.63, 3.8) is 0 Å². The van der Waals surface area contributed by atoms with E-state index in [2.05, 4.69) is 10.3 Å². The summed E-state index contributed by atoms with van der Waals surface area (Å²) in [5.41, 5.74) is 0.190. The van der Waals surface area contributed by atoms with Crippen LogP contribution in [0.4, 0.5) is 36.4 Å². The number of rotatable bonds is 4. The van der Waals surface area contributed by atoms with Gasteiger partial charge >= 0.3 is 6.18 Å². The third-order valence-corrected chi connectivity index (χ3v) is 6.52. The molecule has 192 valence electrons. The molecule has 1 amide bonds. The molecule has 0 bridgehead atoms. The maximum Gasteiger partial charge on any atom is 0.391 e. The molecule has 35 heavy (non-hydrogen) atoms. The molecule has 1 heterocycles. The molecule has 10 heteroatoms. The molecule has 0 spiro atoms. The van der Waals surface area contributed by atoms with Crippen molar-refractivity contribution in [2.75, 3.05) is 5.32 Å². The normalized spacial score (nSPS) is 22.0. The van der Waals surface area contributed by atoms with Crippen LogP contribution in [0.5, 0.6) is 0 Å². The van der Waals surface area contributed by atoms with Gasteiger partial charge in [-0.05, 0) is 49.9 Å². The van der Waals surface area contributed by atoms with Gasteiger partial charge in [0, 0.05) is 42.0 Å². The molecule has 3 nitrogen and oxygen atoms in total. The number of pyridine rings is 1. The zero-order valence-corrected chi connectivity index (χ0v) is 19.4. The number of halogens is 7. The highest BCUT2D eigenvalue weighted by Crippen LogP contribution is 2.47. The predicted molar refractivity (Wildman–Crippen MR) is 118 cm³/mol. The van der Waals surface area contributed by atoms with Crippen LogP contribution in [-0.4, -0.2) is 23.0 Å². The zero-order chi connectivity index (χ0) is 26.0. The summed E-state index contributed by atoms with van der Waals surface area (Å²) in [5.74, 6) is -7.95. The smallest absolute Gasteiger partial charge is 0.324 e. The molecule has 1 aromatic carbocycles. The minimum atomic E-state index is -4.39. The Hall–Kier alpha value is -2.65. The minimum Gasteiger partial charge on any atom is -0.324 e. The van der Waals surface area contributed by atoms with Gasteiger partial charge in [0.15, 0.2) is 0 Å². The van der Waals surface area contributed by atoms with Crippen molar-refractivity contribution >= 4 is 11.6 Å². The Labute approximate surface area is 199 Å². The van der Waals surface area contributed by atoms with Crippen molar-refractivity contribution in [1.29, 1.82) is 0 Å². The summed E-state index contributed by atoms with van der Waals surface area (Å²) in [6.07, 6.45) is -4.45. The molecule has 0 saturated heterocycles. The fourth-order valence-corrected chi connectivity index (χ4v) is 4.49. The van der Waals surface area contributed by atoms with Crippen LogP contribution >= 0.6 is 0 Å². The number of alkyl halides is 5. The Kier molecular flexibility index (Phi) is 8.11. The molecule has 2 aliphatic rings. The van der Waals surface area contributed by atoms with E-state index in [0.29, 0.717) is 0 Å². The van der Waals surface area contributed by atoms with Gasteiger partial charge in [0.05, 0.1) is 17.3 Å². The van der Waals surface area contributed by atoms with E-state index in [0.717, 1.165) is 18.2 Å². The fraction of sp³-hybridized carbons (Fsp3) is 0.520. The summed E-state index contributed by atoms with van der Waals surface area (Å²) >= 11 is 0. The average Bonchev–Trinajstić information content (AvgIpc) is 2.75. The summed E-state index contributed by atoms with van der Waals surface area (Å²) in [7, 11) is 0. The highest BCUT2D eigenvalue weighted by atomic mass is 19.4. The van der Waals surface area contributed by atoms with E-state index in [1.807, 2.05) is 13.8 Å². The van der Waals surface area contributed by atoms with Crippen LogP contribution in [0.25, 0.3) is 11.1 Å². The molecule has 0 unspecified atom stereocenters. The van der Waals surface area contributed by atoms with E-state index in [-0.39, 0.29) is 61.0 Å². The number of amides is 1. The second-order valence-electron chi connectivity index (χ2n) is 8.77. The lowest BCUT2D eigenvalue weighted by Crippen LogP contribution is -2.41. The number of hydrogen-bond acceptors (Lipinski definition) is 2. The van der Waals surface area contributed by atoms with E-state index in [1.165, 1.54) is 12.3 Å². The second kappa shape index (κ2) is 10.5. The van der Waals surface area contributed by atoms with Crippen molar-refractivity contribution in [1.82, 2.24) is 4.98 Å². The molecule has 0 radical (unpaired) electrons. The van der Waals surface area contributed by atoms with Crippen LogP contribution in [0.15, 0.2) is 30.5 Å². The van der Waals surface area contributed by atoms with Crippen LogP contribution in [-0.2, 0) is 4.79 Å². The molecule has 1 N–H and O–H groups in total. The monoisotopic (exact) mass is 504 g/mol. The average molecular weight is 504 g/mol. The van der Waals surface area contributed by atoms with Crippen LogP contribution in [0.2, 0.25) is 0 Å². The van der Waals surface area contributed by atoms with Crippen LogP contribution in [0.3, 0.4) is 0 Å². The Morgan fingerprint density at radius 3 is 2.26 bits per heavy atom. The largest absolute Gasteiger partial charge is 0.391 e. The second-order valence-corrected chi connectivity index (χ2v) is 8.77. The van der Waals surface area contributed by atoms with Gasteiger partial charge in [0.1, 0.15) is 11.6 Å². The fourth-order valence-electron chi connectivity index (χ4n) is 4.49. The lowest BCUT2D eigenvalue weighted by Gasteiger charge is -2.36. The van der Waals surface area contributed by atoms with E-state index in [4.69, 9.17) is 0 Å². The van der Waals surface area contributed by atoms with E-state index < -0.39 is 47.4 Å². The first-order chi connectivity index (χ1) is 16.4. The maximum absolute atomic E-state index is 14.5. The molecule has 2 aromatic rings. The van der Waals surface area contributed by atoms with Crippen molar-refractivity contribution in [2.24, 2.45) is 11.8 Å². The van der Waals surface area contributed by atoms with Crippen LogP contribution in [0, 0.1) is 23.5 Å². The van der Waals surface area contributed by atoms with Crippen molar-refractivity contribution in [2.45, 2.75) is 70.4 Å². The Morgan fingerprint density at radius 1 is 1.03 bits per heavy atom. The number of aromatic nitrogens is 1. The molecule has 2 aliphatic carbocycles. The topological polar surface area (TPSA) is 42.0 Å². The first-order valence-electron chi connectivity index (χ1n) is 11.6. The van der Waals surface area contributed by atoms with E-state index in [9.17, 15) is 35.5 Å². The quantitative estimate of drug-likeness (QED) is 0.431. The molecule has 0 aliphatic heterocycles. The maximum atomic E-state index is 14.5. The Bertz CT molecular complexity index is 1040. The van der Waals surface area contributed by atoms with Crippen molar-refractivity contribution < 1.29 is 35.5 Å². The van der Waals surface area contributed by atoms with Crippen LogP contribution < -0.4 is 5.32 Å². The summed E-state index contributed by atoms with van der Waals surface area (Å²) in [5, 5.41) is 2.57. The summed E-state index contributed by atoms with van der Waals surface area (Å²) in [4.78, 5) is 17.0. The Morgan fingerprint density at radius 2 is 1.66 bits per heavy atom. The molecular weight excluding hydrogens is 477 g/mol. The number of carbonyl (C=O) groups is 1. The molecule has 1 aromatic heterocycles. The van der Waals surface area contributed by atoms with Crippen molar-refractivity contribution in [3.8, 4) is 11.1 Å². The van der Waals surface area contributed by atoms with E-state index >= 15 is 0 Å². The zero-order valence-electron chi connectivity index (χ0n) is 19.4. The number of benzene rings is 1. The number of hydrogen-bond donors (Lipinski definition) is 1. The van der Waals surface area contributed by atoms with Gasteiger partial charge in [-0.15, -0.1) is 0 Å². The minimum absolute atomic E-state index is 0.0256. The summed E-state index contributed by atoms with van der Waals surface area (Å²) in [6.45, 7) is 4.00. The molecule has 4 rings (SSSR count). The number of nitrogens with zero attached hydrogens (tertiary/aromatic N) is 1. The molecule has 2 saturated carbocycles. The van der Waals surface area contributed by atoms with Crippen LogP contribution in [0.1, 0.15) is 64.0 Å². The molecular formula is C25H27F7N2O. The van der Waals surface area contributed by atoms with Gasteiger partial charge < -0.3 is 5.32 Å². The predicted octanol–water partition coefficient (Wildman–Crippen LogP) is 7.87. The molecule has 0 atom stereocenters. The highest BCUT2D eigenvalue weighted by molar-refractivity contribution is 5.98. The SMILES string of the molecule is CC.O=C(Nc1c(-c2cc(F)ccc2F)ccnc1C1CCC(F)(F)CC1)C1CC(C(F)(F)F)C1. The van der Waals surface area contributed by atoms with Gasteiger partial charge in [-0.25, -0.2) is 17.6 Å². The first kappa shape index (κ1) is 26.9. The standard InChI is InChI=1S/C23H21F7N2O.C2H6/c24-15-1-2-18(25)17(11-15)16-5-8-31-19(12-3-6-22(26,27)7-4-12)20(16)32-21(33)13-9-14(10-13)23(28,29)30;1-2/h1-2,5,8,11-14H,3-4,6-7,9-10H2,(H,32,33);1-2H3. The molecule has 2 fully saturated rings. The lowest BCUT2D eigenvalue weighted by molar-refractivity contribution is -0.203. The van der Waals surface area contributed by atoms with Gasteiger partial charge in [-0.1, -0.05) is 13.8 Å². The number of nitrogens with one attached hydrogen (secondary N) is 1. The summed E-state index contributed by atoms with van der Waals surface area (Å²) in [6, 6.07) is 4.13. The highest BCUT2D eigenvalue weighted by Gasteiger charge is 2.50. The third-order valence-electron chi connectivity index (χ3n) is 6.52. The van der Waals surface area contributed by atoms with Gasteiger partial charge in [-0.2, -0.15) is 13.2 Å². The van der Waals surface area contributed by atoms with Gasteiger partial charge in [0.25, 0.3) is 0 Å². The lowest BCUT2D eigenvalue weighted by atomic mass is 9.74. The van der Waals surface area contributed by atoms with Gasteiger partial charge in [-0.3, -0.25) is 9.78 Å². The van der Waals surface area contributed by atoms with E-state index in [1.54, 1.807) is 0 Å². The first-order valence-corrected chi connectivity index (χ1v) is 11.6. The van der Waals surface area contributed by atoms with Gasteiger partial charge in [0.2, 0.25) is 11.8 Å². The third kappa shape index (κ3) is 6.13.